The smallest absolute Gasteiger partial charge is 0.0406 e. The van der Waals surface area contributed by atoms with E-state index in [1.807, 2.05) is 12.1 Å². The van der Waals surface area contributed by atoms with Crippen molar-refractivity contribution in [1.82, 2.24) is 4.90 Å². The van der Waals surface area contributed by atoms with E-state index in [1.54, 1.807) is 0 Å². The molecule has 1 saturated heterocycles. The van der Waals surface area contributed by atoms with Crippen LogP contribution in [-0.2, 0) is 0 Å². The first kappa shape index (κ1) is 15.3. The van der Waals surface area contributed by atoms with Crippen LogP contribution in [0.5, 0.6) is 0 Å². The van der Waals surface area contributed by atoms with Crippen molar-refractivity contribution in [3.05, 3.63) is 34.9 Å². The molecule has 1 spiro atoms. The molecule has 3 rings (SSSR count). The largest absolute Gasteiger partial charge is 0.324 e. The van der Waals surface area contributed by atoms with Crippen molar-refractivity contribution < 1.29 is 0 Å². The van der Waals surface area contributed by atoms with Crippen LogP contribution in [0.3, 0.4) is 0 Å². The van der Waals surface area contributed by atoms with E-state index in [9.17, 15) is 0 Å². The van der Waals surface area contributed by atoms with Gasteiger partial charge in [0.2, 0.25) is 0 Å². The van der Waals surface area contributed by atoms with Gasteiger partial charge in [-0.15, -0.1) is 0 Å². The average Bonchev–Trinajstić information content (AvgIpc) is 2.95. The number of halogens is 1. The third-order valence-electron chi connectivity index (χ3n) is 5.64. The molecule has 1 aliphatic heterocycles. The molecule has 2 nitrogen and oxygen atoms in total. The van der Waals surface area contributed by atoms with Gasteiger partial charge in [0.25, 0.3) is 0 Å². The number of nitrogens with two attached hydrogens (primary N) is 1. The van der Waals surface area contributed by atoms with Crippen molar-refractivity contribution in [1.29, 1.82) is 0 Å². The molecule has 2 N–H and O–H groups in total. The third-order valence-corrected chi connectivity index (χ3v) is 5.89. The minimum atomic E-state index is 0.129. The molecule has 1 aromatic carbocycles. The molecular formula is C18H27ClN2. The average molecular weight is 307 g/mol. The van der Waals surface area contributed by atoms with Gasteiger partial charge in [0, 0.05) is 11.1 Å². The second kappa shape index (κ2) is 6.68. The summed E-state index contributed by atoms with van der Waals surface area (Å²) < 4.78 is 0. The molecular weight excluding hydrogens is 280 g/mol. The number of benzene rings is 1. The second-order valence-corrected chi connectivity index (χ2v) is 7.43. The summed E-state index contributed by atoms with van der Waals surface area (Å²) in [5.74, 6) is 0. The first-order valence-corrected chi connectivity index (χ1v) is 8.78. The van der Waals surface area contributed by atoms with E-state index < -0.39 is 0 Å². The molecule has 1 aliphatic carbocycles. The molecule has 2 aliphatic rings. The molecule has 1 atom stereocenters. The van der Waals surface area contributed by atoms with E-state index >= 15 is 0 Å². The molecule has 21 heavy (non-hydrogen) atoms. The van der Waals surface area contributed by atoms with E-state index in [1.165, 1.54) is 57.2 Å². The van der Waals surface area contributed by atoms with Gasteiger partial charge in [-0.1, -0.05) is 36.6 Å². The van der Waals surface area contributed by atoms with Crippen molar-refractivity contribution >= 4 is 11.6 Å². The van der Waals surface area contributed by atoms with Crippen LogP contribution in [-0.4, -0.2) is 24.5 Å². The second-order valence-electron chi connectivity index (χ2n) is 7.00. The summed E-state index contributed by atoms with van der Waals surface area (Å²) in [6.45, 7) is 3.67. The summed E-state index contributed by atoms with van der Waals surface area (Å²) in [6.07, 6.45) is 9.72. The molecule has 3 heteroatoms. The minimum Gasteiger partial charge on any atom is -0.324 e. The number of hydrogen-bond donors (Lipinski definition) is 1. The van der Waals surface area contributed by atoms with Gasteiger partial charge >= 0.3 is 0 Å². The molecule has 1 aromatic rings. The highest BCUT2D eigenvalue weighted by Crippen LogP contribution is 2.46. The number of rotatable bonds is 4. The quantitative estimate of drug-likeness (QED) is 0.894. The fraction of sp³-hybridized carbons (Fsp3) is 0.667. The van der Waals surface area contributed by atoms with Gasteiger partial charge < -0.3 is 10.6 Å². The summed E-state index contributed by atoms with van der Waals surface area (Å²) in [7, 11) is 0. The van der Waals surface area contributed by atoms with E-state index in [4.69, 9.17) is 17.3 Å². The van der Waals surface area contributed by atoms with Crippen molar-refractivity contribution in [3.63, 3.8) is 0 Å². The van der Waals surface area contributed by atoms with Crippen LogP contribution in [0.15, 0.2) is 24.3 Å². The van der Waals surface area contributed by atoms with Crippen molar-refractivity contribution in [2.45, 2.75) is 51.0 Å². The Hall–Kier alpha value is -0.570. The standard InChI is InChI=1S/C18H27ClN2/c19-16-5-3-15(4-6-16)17(20)7-12-21-13-10-18(11-14-21)8-1-2-9-18/h3-6,17H,1-2,7-14,20H2. The number of likely N-dealkylation sites (tertiary alicyclic amines) is 1. The first-order chi connectivity index (χ1) is 10.2. The Labute approximate surface area is 133 Å². The molecule has 116 valence electrons. The minimum absolute atomic E-state index is 0.129. The molecule has 0 bridgehead atoms. The first-order valence-electron chi connectivity index (χ1n) is 8.40. The topological polar surface area (TPSA) is 29.3 Å². The zero-order valence-corrected chi connectivity index (χ0v) is 13.6. The highest BCUT2D eigenvalue weighted by molar-refractivity contribution is 6.30. The number of hydrogen-bond acceptors (Lipinski definition) is 2. The van der Waals surface area contributed by atoms with E-state index in [0.29, 0.717) is 0 Å². The lowest BCUT2D eigenvalue weighted by molar-refractivity contribution is 0.106. The SMILES string of the molecule is NC(CCN1CCC2(CCCC2)CC1)c1ccc(Cl)cc1. The summed E-state index contributed by atoms with van der Waals surface area (Å²) in [6, 6.07) is 8.10. The lowest BCUT2D eigenvalue weighted by atomic mass is 9.77. The Morgan fingerprint density at radius 3 is 2.29 bits per heavy atom. The molecule has 1 heterocycles. The maximum Gasteiger partial charge on any atom is 0.0406 e. The predicted octanol–water partition coefficient (Wildman–Crippen LogP) is 4.39. The van der Waals surface area contributed by atoms with E-state index in [-0.39, 0.29) is 6.04 Å². The van der Waals surface area contributed by atoms with Gasteiger partial charge in [-0.3, -0.25) is 0 Å². The summed E-state index contributed by atoms with van der Waals surface area (Å²) in [4.78, 5) is 2.61. The van der Waals surface area contributed by atoms with Crippen LogP contribution < -0.4 is 5.73 Å². The third kappa shape index (κ3) is 3.80. The molecule has 1 unspecified atom stereocenters. The van der Waals surface area contributed by atoms with Gasteiger partial charge in [-0.25, -0.2) is 0 Å². The summed E-state index contributed by atoms with van der Waals surface area (Å²) in [5.41, 5.74) is 8.22. The monoisotopic (exact) mass is 306 g/mol. The zero-order chi connectivity index (χ0) is 14.7. The predicted molar refractivity (Wildman–Crippen MR) is 89.6 cm³/mol. The molecule has 0 amide bonds. The number of nitrogens with zero attached hydrogens (tertiary/aromatic N) is 1. The van der Waals surface area contributed by atoms with Gasteiger partial charge in [-0.05, 0) is 74.8 Å². The fourth-order valence-electron chi connectivity index (χ4n) is 4.07. The normalized spacial score (nSPS) is 23.5. The van der Waals surface area contributed by atoms with Gasteiger partial charge in [-0.2, -0.15) is 0 Å². The zero-order valence-electron chi connectivity index (χ0n) is 12.9. The van der Waals surface area contributed by atoms with Crippen molar-refractivity contribution in [2.24, 2.45) is 11.1 Å². The highest BCUT2D eigenvalue weighted by Gasteiger charge is 2.36. The van der Waals surface area contributed by atoms with Crippen LogP contribution in [0.4, 0.5) is 0 Å². The Bertz CT molecular complexity index is 441. The molecule has 0 aromatic heterocycles. The van der Waals surface area contributed by atoms with E-state index in [0.717, 1.165) is 23.4 Å². The molecule has 1 saturated carbocycles. The van der Waals surface area contributed by atoms with Crippen LogP contribution in [0.25, 0.3) is 0 Å². The van der Waals surface area contributed by atoms with Gasteiger partial charge in [0.05, 0.1) is 0 Å². The van der Waals surface area contributed by atoms with E-state index in [2.05, 4.69) is 17.0 Å². The van der Waals surface area contributed by atoms with Crippen LogP contribution >= 0.6 is 11.6 Å². The van der Waals surface area contributed by atoms with Crippen LogP contribution in [0.1, 0.15) is 56.6 Å². The Morgan fingerprint density at radius 2 is 1.67 bits per heavy atom. The van der Waals surface area contributed by atoms with Crippen LogP contribution in [0, 0.1) is 5.41 Å². The fourth-order valence-corrected chi connectivity index (χ4v) is 4.20. The van der Waals surface area contributed by atoms with Gasteiger partial charge in [0.15, 0.2) is 0 Å². The Morgan fingerprint density at radius 1 is 1.05 bits per heavy atom. The summed E-state index contributed by atoms with van der Waals surface area (Å²) >= 11 is 5.93. The van der Waals surface area contributed by atoms with Crippen molar-refractivity contribution in [3.8, 4) is 0 Å². The summed E-state index contributed by atoms with van der Waals surface area (Å²) in [5, 5.41) is 0.781. The maximum atomic E-state index is 6.31. The van der Waals surface area contributed by atoms with Crippen molar-refractivity contribution in [2.75, 3.05) is 19.6 Å². The van der Waals surface area contributed by atoms with Crippen LogP contribution in [0.2, 0.25) is 5.02 Å². The Kier molecular flexibility index (Phi) is 4.88. The lowest BCUT2D eigenvalue weighted by Crippen LogP contribution is -2.39. The lowest BCUT2D eigenvalue weighted by Gasteiger charge is -2.39. The highest BCUT2D eigenvalue weighted by atomic mass is 35.5. The Balaban J connectivity index is 1.44. The molecule has 0 radical (unpaired) electrons. The van der Waals surface area contributed by atoms with Gasteiger partial charge in [0.1, 0.15) is 0 Å². The molecule has 2 fully saturated rings. The number of piperidine rings is 1. The maximum absolute atomic E-state index is 6.31.